The summed E-state index contributed by atoms with van der Waals surface area (Å²) < 4.78 is 0. The van der Waals surface area contributed by atoms with Crippen LogP contribution < -0.4 is 11.1 Å². The summed E-state index contributed by atoms with van der Waals surface area (Å²) in [5, 5.41) is 2.04. The minimum Gasteiger partial charge on any atom is -0.345 e. The van der Waals surface area contributed by atoms with Gasteiger partial charge in [-0.15, -0.1) is 0 Å². The molecule has 0 aromatic rings. The van der Waals surface area contributed by atoms with E-state index >= 15 is 0 Å². The molecule has 2 amide bonds. The molecule has 0 aromatic heterocycles. The molecule has 2 N–H and O–H groups in total. The van der Waals surface area contributed by atoms with E-state index in [1.165, 1.54) is 0 Å². The Morgan fingerprint density at radius 3 is 2.30 bits per heavy atom. The summed E-state index contributed by atoms with van der Waals surface area (Å²) in [4.78, 5) is 19.2. The lowest BCUT2D eigenvalue weighted by Gasteiger charge is -2.00. The monoisotopic (exact) mass is 183 g/mol. The lowest BCUT2D eigenvalue weighted by molar-refractivity contribution is -0.124. The first-order valence-corrected chi connectivity index (χ1v) is 3.21. The van der Waals surface area contributed by atoms with Crippen LogP contribution in [-0.4, -0.2) is 23.2 Å². The molecule has 1 radical (unpaired) electrons. The van der Waals surface area contributed by atoms with Gasteiger partial charge in [0.15, 0.2) is 4.84 Å². The summed E-state index contributed by atoms with van der Waals surface area (Å²) in [5.41, 5.74) is 6.37. The van der Waals surface area contributed by atoms with Crippen molar-refractivity contribution in [3.8, 4) is 0 Å². The quantitative estimate of drug-likeness (QED) is 0.612. The molecular weight excluding hydrogens is 179 g/mol. The Hall–Kier alpha value is -0.480. The maximum atomic E-state index is 10.4. The first kappa shape index (κ1) is 9.52. The SMILES string of the molecule is [NH]C(=O)CNC(=O)C(Cl)Cl. The zero-order valence-electron chi connectivity index (χ0n) is 4.86. The van der Waals surface area contributed by atoms with Crippen LogP contribution in [0.25, 0.3) is 0 Å². The molecule has 0 aliphatic heterocycles. The van der Waals surface area contributed by atoms with Crippen LogP contribution in [0.2, 0.25) is 0 Å². The van der Waals surface area contributed by atoms with Gasteiger partial charge in [-0.25, -0.2) is 0 Å². The molecule has 0 aliphatic carbocycles. The molecule has 0 atom stereocenters. The second-order valence-corrected chi connectivity index (χ2v) is 2.54. The number of hydrogen-bond donors (Lipinski definition) is 1. The van der Waals surface area contributed by atoms with E-state index in [1.54, 1.807) is 0 Å². The lowest BCUT2D eigenvalue weighted by atomic mass is 10.6. The van der Waals surface area contributed by atoms with Crippen molar-refractivity contribution in [1.29, 1.82) is 0 Å². The van der Waals surface area contributed by atoms with E-state index in [-0.39, 0.29) is 6.54 Å². The van der Waals surface area contributed by atoms with Gasteiger partial charge in [-0.3, -0.25) is 15.3 Å². The average molecular weight is 184 g/mol. The van der Waals surface area contributed by atoms with Crippen LogP contribution in [0.15, 0.2) is 0 Å². The van der Waals surface area contributed by atoms with Crippen LogP contribution in [0.1, 0.15) is 0 Å². The van der Waals surface area contributed by atoms with E-state index in [9.17, 15) is 9.59 Å². The Bertz CT molecular complexity index is 148. The zero-order valence-corrected chi connectivity index (χ0v) is 6.37. The third kappa shape index (κ3) is 4.40. The van der Waals surface area contributed by atoms with E-state index in [1.807, 2.05) is 5.32 Å². The van der Waals surface area contributed by atoms with E-state index in [4.69, 9.17) is 28.9 Å². The van der Waals surface area contributed by atoms with Crippen LogP contribution in [-0.2, 0) is 9.59 Å². The van der Waals surface area contributed by atoms with Crippen molar-refractivity contribution in [3.05, 3.63) is 0 Å². The molecule has 0 heterocycles. The molecule has 57 valence electrons. The highest BCUT2D eigenvalue weighted by Gasteiger charge is 2.10. The molecule has 0 bridgehead atoms. The number of carbonyl (C=O) groups excluding carboxylic acids is 2. The molecule has 0 spiro atoms. The number of alkyl halides is 2. The largest absolute Gasteiger partial charge is 0.345 e. The van der Waals surface area contributed by atoms with E-state index in [0.717, 1.165) is 0 Å². The molecule has 10 heavy (non-hydrogen) atoms. The number of amides is 2. The fourth-order valence-corrected chi connectivity index (χ4v) is 0.399. The van der Waals surface area contributed by atoms with Gasteiger partial charge in [-0.05, 0) is 0 Å². The van der Waals surface area contributed by atoms with Crippen LogP contribution in [0.4, 0.5) is 0 Å². The maximum Gasteiger partial charge on any atom is 0.257 e. The van der Waals surface area contributed by atoms with Crippen molar-refractivity contribution in [2.24, 2.45) is 0 Å². The normalized spacial score (nSPS) is 9.50. The maximum absolute atomic E-state index is 10.4. The highest BCUT2D eigenvalue weighted by molar-refractivity contribution is 6.53. The van der Waals surface area contributed by atoms with Gasteiger partial charge in [-0.1, -0.05) is 23.2 Å². The third-order valence-corrected chi connectivity index (χ3v) is 1.02. The van der Waals surface area contributed by atoms with Gasteiger partial charge < -0.3 is 5.32 Å². The Kier molecular flexibility index (Phi) is 4.14. The Balaban J connectivity index is 3.50. The molecule has 0 saturated heterocycles. The zero-order chi connectivity index (χ0) is 8.15. The summed E-state index contributed by atoms with van der Waals surface area (Å²) in [5.74, 6) is -1.55. The van der Waals surface area contributed by atoms with Crippen LogP contribution in [0.3, 0.4) is 0 Å². The van der Waals surface area contributed by atoms with Crippen molar-refractivity contribution in [3.63, 3.8) is 0 Å². The standard InChI is InChI=1S/C4H5Cl2N2O2/c5-3(6)4(10)8-1-2(7)9/h3,7H,1H2,(H,8,10). The predicted molar refractivity (Wildman–Crippen MR) is 36.6 cm³/mol. The van der Waals surface area contributed by atoms with Gasteiger partial charge in [-0.2, -0.15) is 0 Å². The van der Waals surface area contributed by atoms with E-state index in [2.05, 4.69) is 0 Å². The van der Waals surface area contributed by atoms with Gasteiger partial charge in [0.2, 0.25) is 0 Å². The fraction of sp³-hybridized carbons (Fsp3) is 0.500. The van der Waals surface area contributed by atoms with Gasteiger partial charge in [0.05, 0.1) is 6.54 Å². The first-order chi connectivity index (χ1) is 4.54. The average Bonchev–Trinajstić information content (AvgIpc) is 1.82. The van der Waals surface area contributed by atoms with Crippen molar-refractivity contribution in [1.82, 2.24) is 11.1 Å². The molecule has 4 nitrogen and oxygen atoms in total. The number of halogens is 2. The van der Waals surface area contributed by atoms with Crippen molar-refractivity contribution >= 4 is 35.0 Å². The first-order valence-electron chi connectivity index (χ1n) is 2.34. The highest BCUT2D eigenvalue weighted by atomic mass is 35.5. The minimum absolute atomic E-state index is 0.352. The molecule has 0 aromatic carbocycles. The van der Waals surface area contributed by atoms with Gasteiger partial charge in [0, 0.05) is 0 Å². The lowest BCUT2D eigenvalue weighted by Crippen LogP contribution is -2.33. The summed E-state index contributed by atoms with van der Waals surface area (Å²) in [6.07, 6.45) is 0. The molecule has 0 aliphatic rings. The molecule has 6 heteroatoms. The Morgan fingerprint density at radius 1 is 1.50 bits per heavy atom. The molecule has 0 unspecified atom stereocenters. The highest BCUT2D eigenvalue weighted by Crippen LogP contribution is 1.99. The van der Waals surface area contributed by atoms with Crippen LogP contribution in [0, 0.1) is 0 Å². The Morgan fingerprint density at radius 2 is 2.00 bits per heavy atom. The summed E-state index contributed by atoms with van der Waals surface area (Å²) in [6, 6.07) is 0. The third-order valence-electron chi connectivity index (χ3n) is 0.621. The second kappa shape index (κ2) is 4.35. The number of rotatable bonds is 3. The molecule has 0 fully saturated rings. The van der Waals surface area contributed by atoms with Gasteiger partial charge in [0.1, 0.15) is 0 Å². The second-order valence-electron chi connectivity index (χ2n) is 1.44. The van der Waals surface area contributed by atoms with E-state index in [0.29, 0.717) is 0 Å². The molecular formula is C4H5Cl2N2O2. The van der Waals surface area contributed by atoms with Crippen molar-refractivity contribution in [2.75, 3.05) is 6.54 Å². The minimum atomic E-state index is -1.18. The summed E-state index contributed by atoms with van der Waals surface area (Å²) >= 11 is 10.2. The number of hydrogen-bond acceptors (Lipinski definition) is 2. The predicted octanol–water partition coefficient (Wildman–Crippen LogP) is -0.284. The molecule has 0 rings (SSSR count). The molecule has 0 saturated carbocycles. The number of carbonyl (C=O) groups is 2. The van der Waals surface area contributed by atoms with Crippen molar-refractivity contribution < 1.29 is 9.59 Å². The van der Waals surface area contributed by atoms with Gasteiger partial charge in [0.25, 0.3) is 11.8 Å². The number of nitrogens with one attached hydrogen (secondary N) is 2. The topological polar surface area (TPSA) is 70.0 Å². The smallest absolute Gasteiger partial charge is 0.257 e. The van der Waals surface area contributed by atoms with E-state index < -0.39 is 16.7 Å². The Labute approximate surface area is 67.7 Å². The summed E-state index contributed by atoms with van der Waals surface area (Å²) in [6.45, 7) is -0.352. The van der Waals surface area contributed by atoms with Gasteiger partial charge >= 0.3 is 0 Å². The van der Waals surface area contributed by atoms with Crippen LogP contribution >= 0.6 is 23.2 Å². The van der Waals surface area contributed by atoms with Crippen LogP contribution in [0.5, 0.6) is 0 Å². The summed E-state index contributed by atoms with van der Waals surface area (Å²) in [7, 11) is 0. The fourth-order valence-electron chi connectivity index (χ4n) is 0.245. The van der Waals surface area contributed by atoms with Crippen molar-refractivity contribution in [2.45, 2.75) is 4.84 Å².